The molecule has 2 N–H and O–H groups in total. The Labute approximate surface area is 109 Å². The zero-order valence-electron chi connectivity index (χ0n) is 10.5. The van der Waals surface area contributed by atoms with E-state index in [1.165, 1.54) is 0 Å². The van der Waals surface area contributed by atoms with E-state index in [0.29, 0.717) is 11.5 Å². The van der Waals surface area contributed by atoms with Crippen LogP contribution in [0.1, 0.15) is 0 Å². The van der Waals surface area contributed by atoms with E-state index in [0.717, 1.165) is 16.6 Å². The van der Waals surface area contributed by atoms with Gasteiger partial charge in [-0.25, -0.2) is 14.6 Å². The molecule has 0 aliphatic heterocycles. The lowest BCUT2D eigenvalue weighted by atomic mass is 10.1. The first-order valence-corrected chi connectivity index (χ1v) is 5.64. The molecule has 0 aromatic carbocycles. The average Bonchev–Trinajstić information content (AvgIpc) is 2.76. The molecule has 0 atom stereocenters. The molecule has 0 fully saturated rings. The number of nitrogen functional groups attached to an aromatic ring is 1. The van der Waals surface area contributed by atoms with Crippen molar-refractivity contribution in [3.63, 3.8) is 0 Å². The second-order valence-electron chi connectivity index (χ2n) is 4.03. The fourth-order valence-electron chi connectivity index (χ4n) is 1.91. The van der Waals surface area contributed by atoms with Gasteiger partial charge in [0.05, 0.1) is 12.5 Å². The summed E-state index contributed by atoms with van der Waals surface area (Å²) in [7, 11) is 3.39. The van der Waals surface area contributed by atoms with Gasteiger partial charge in [-0.15, -0.1) is 0 Å². The lowest BCUT2D eigenvalue weighted by Crippen LogP contribution is -1.97. The van der Waals surface area contributed by atoms with E-state index in [1.54, 1.807) is 30.3 Å². The van der Waals surface area contributed by atoms with E-state index < -0.39 is 0 Å². The van der Waals surface area contributed by atoms with E-state index >= 15 is 0 Å². The molecular weight excluding hydrogens is 244 g/mol. The fraction of sp³-hybridized carbons (Fsp3) is 0.167. The van der Waals surface area contributed by atoms with Crippen LogP contribution < -0.4 is 10.5 Å². The summed E-state index contributed by atoms with van der Waals surface area (Å²) >= 11 is 0. The fourth-order valence-corrected chi connectivity index (χ4v) is 1.91. The number of fused-ring (bicyclic) bond motifs is 1. The van der Waals surface area contributed by atoms with Crippen molar-refractivity contribution in [3.05, 3.63) is 24.5 Å². The molecule has 0 aliphatic carbocycles. The number of methoxy groups -OCH3 is 1. The van der Waals surface area contributed by atoms with E-state index in [1.807, 2.05) is 13.1 Å². The van der Waals surface area contributed by atoms with Crippen LogP contribution in [-0.2, 0) is 7.05 Å². The number of nitrogens with two attached hydrogens (primary N) is 1. The first kappa shape index (κ1) is 11.4. The minimum Gasteiger partial charge on any atom is -0.481 e. The molecule has 3 aromatic heterocycles. The van der Waals surface area contributed by atoms with Gasteiger partial charge in [-0.05, 0) is 6.07 Å². The van der Waals surface area contributed by atoms with Gasteiger partial charge in [0, 0.05) is 31.1 Å². The predicted molar refractivity (Wildman–Crippen MR) is 70.5 cm³/mol. The quantitative estimate of drug-likeness (QED) is 0.735. The van der Waals surface area contributed by atoms with Crippen molar-refractivity contribution in [3.8, 4) is 17.1 Å². The lowest BCUT2D eigenvalue weighted by molar-refractivity contribution is 0.398. The van der Waals surface area contributed by atoms with Crippen LogP contribution in [0.5, 0.6) is 5.88 Å². The molecule has 0 saturated carbocycles. The van der Waals surface area contributed by atoms with Crippen molar-refractivity contribution in [2.45, 2.75) is 0 Å². The van der Waals surface area contributed by atoms with Gasteiger partial charge in [-0.2, -0.15) is 10.1 Å². The molecule has 3 rings (SSSR count). The standard InChI is InChI=1S/C12H12N6O/c1-18-11-8(6-15-12(13)16-11)10(17-18)7-3-4-9(19-2)14-5-7/h3-6H,1-2H3,(H2,13,15,16). The van der Waals surface area contributed by atoms with Crippen LogP contribution in [0.4, 0.5) is 5.95 Å². The van der Waals surface area contributed by atoms with Gasteiger partial charge in [0.2, 0.25) is 11.8 Å². The maximum atomic E-state index is 5.59. The van der Waals surface area contributed by atoms with Gasteiger partial charge in [0.1, 0.15) is 5.69 Å². The van der Waals surface area contributed by atoms with Crippen LogP contribution in [-0.4, -0.2) is 31.8 Å². The third-order valence-electron chi connectivity index (χ3n) is 2.82. The molecule has 0 spiro atoms. The molecule has 96 valence electrons. The highest BCUT2D eigenvalue weighted by atomic mass is 16.5. The summed E-state index contributed by atoms with van der Waals surface area (Å²) in [5.41, 5.74) is 7.93. The number of ether oxygens (including phenoxy) is 1. The Hall–Kier alpha value is -2.70. The molecule has 3 aromatic rings. The predicted octanol–water partition coefficient (Wildman–Crippen LogP) is 1.02. The molecule has 0 saturated heterocycles. The number of anilines is 1. The Morgan fingerprint density at radius 2 is 2.05 bits per heavy atom. The molecule has 0 radical (unpaired) electrons. The maximum Gasteiger partial charge on any atom is 0.222 e. The van der Waals surface area contributed by atoms with Crippen molar-refractivity contribution in [2.75, 3.05) is 12.8 Å². The SMILES string of the molecule is COc1ccc(-c2nn(C)c3nc(N)ncc23)cn1. The molecule has 7 heteroatoms. The first-order valence-electron chi connectivity index (χ1n) is 5.64. The van der Waals surface area contributed by atoms with Gasteiger partial charge in [0.25, 0.3) is 0 Å². The van der Waals surface area contributed by atoms with Gasteiger partial charge in [0.15, 0.2) is 5.65 Å². The Balaban J connectivity index is 2.19. The Morgan fingerprint density at radius 3 is 2.74 bits per heavy atom. The number of aromatic nitrogens is 5. The van der Waals surface area contributed by atoms with Crippen molar-refractivity contribution in [1.82, 2.24) is 24.7 Å². The Kier molecular flexibility index (Phi) is 2.52. The van der Waals surface area contributed by atoms with E-state index in [9.17, 15) is 0 Å². The number of nitrogens with zero attached hydrogens (tertiary/aromatic N) is 5. The number of hydrogen-bond acceptors (Lipinski definition) is 6. The first-order chi connectivity index (χ1) is 9.19. The van der Waals surface area contributed by atoms with Crippen LogP contribution >= 0.6 is 0 Å². The molecular formula is C12H12N6O. The molecule has 3 heterocycles. The summed E-state index contributed by atoms with van der Waals surface area (Å²) in [6.45, 7) is 0. The van der Waals surface area contributed by atoms with Crippen molar-refractivity contribution in [1.29, 1.82) is 0 Å². The topological polar surface area (TPSA) is 91.7 Å². The normalized spacial score (nSPS) is 10.8. The van der Waals surface area contributed by atoms with Gasteiger partial charge in [-0.3, -0.25) is 0 Å². The molecule has 0 bridgehead atoms. The highest BCUT2D eigenvalue weighted by Gasteiger charge is 2.13. The maximum absolute atomic E-state index is 5.59. The summed E-state index contributed by atoms with van der Waals surface area (Å²) in [5, 5.41) is 5.27. The summed E-state index contributed by atoms with van der Waals surface area (Å²) in [4.78, 5) is 12.4. The van der Waals surface area contributed by atoms with E-state index in [4.69, 9.17) is 10.5 Å². The largest absolute Gasteiger partial charge is 0.481 e. The van der Waals surface area contributed by atoms with Gasteiger partial charge in [-0.1, -0.05) is 0 Å². The number of rotatable bonds is 2. The monoisotopic (exact) mass is 256 g/mol. The summed E-state index contributed by atoms with van der Waals surface area (Å²) in [6, 6.07) is 3.68. The van der Waals surface area contributed by atoms with E-state index in [2.05, 4.69) is 20.1 Å². The number of hydrogen-bond donors (Lipinski definition) is 1. The molecule has 19 heavy (non-hydrogen) atoms. The molecule has 0 unspecified atom stereocenters. The minimum absolute atomic E-state index is 0.231. The summed E-state index contributed by atoms with van der Waals surface area (Å²) in [5.74, 6) is 0.791. The Morgan fingerprint density at radius 1 is 1.21 bits per heavy atom. The van der Waals surface area contributed by atoms with Crippen LogP contribution in [0, 0.1) is 0 Å². The second-order valence-corrected chi connectivity index (χ2v) is 4.03. The second kappa shape index (κ2) is 4.20. The molecule has 0 aliphatic rings. The van der Waals surface area contributed by atoms with Crippen molar-refractivity contribution < 1.29 is 4.74 Å². The zero-order valence-corrected chi connectivity index (χ0v) is 10.5. The van der Waals surface area contributed by atoms with Gasteiger partial charge < -0.3 is 10.5 Å². The van der Waals surface area contributed by atoms with Crippen LogP contribution in [0.25, 0.3) is 22.3 Å². The average molecular weight is 256 g/mol. The molecule has 7 nitrogen and oxygen atoms in total. The van der Waals surface area contributed by atoms with Crippen molar-refractivity contribution in [2.24, 2.45) is 7.05 Å². The number of pyridine rings is 1. The smallest absolute Gasteiger partial charge is 0.222 e. The lowest BCUT2D eigenvalue weighted by Gasteiger charge is -2.00. The third kappa shape index (κ3) is 1.85. The van der Waals surface area contributed by atoms with E-state index in [-0.39, 0.29) is 5.95 Å². The highest BCUT2D eigenvalue weighted by Crippen LogP contribution is 2.26. The summed E-state index contributed by atoms with van der Waals surface area (Å²) < 4.78 is 6.71. The minimum atomic E-state index is 0.231. The van der Waals surface area contributed by atoms with Gasteiger partial charge >= 0.3 is 0 Å². The van der Waals surface area contributed by atoms with Crippen LogP contribution in [0.3, 0.4) is 0 Å². The molecule has 0 amide bonds. The van der Waals surface area contributed by atoms with Crippen LogP contribution in [0.15, 0.2) is 24.5 Å². The summed E-state index contributed by atoms with van der Waals surface area (Å²) in [6.07, 6.45) is 3.38. The highest BCUT2D eigenvalue weighted by molar-refractivity contribution is 5.90. The Bertz CT molecular complexity index is 734. The van der Waals surface area contributed by atoms with Crippen molar-refractivity contribution >= 4 is 17.0 Å². The third-order valence-corrected chi connectivity index (χ3v) is 2.82. The zero-order chi connectivity index (χ0) is 13.4. The van der Waals surface area contributed by atoms with Crippen LogP contribution in [0.2, 0.25) is 0 Å². The number of aryl methyl sites for hydroxylation is 1.